The maximum atomic E-state index is 6.74. The van der Waals surface area contributed by atoms with Crippen molar-refractivity contribution in [2.24, 2.45) is 5.41 Å². The number of imidazole rings is 1. The molecule has 0 bridgehead atoms. The highest BCUT2D eigenvalue weighted by Crippen LogP contribution is 2.34. The van der Waals surface area contributed by atoms with Gasteiger partial charge in [0.1, 0.15) is 11.9 Å². The number of nitrogens with zero attached hydrogens (tertiary/aromatic N) is 3. The van der Waals surface area contributed by atoms with E-state index in [1.165, 1.54) is 11.1 Å². The Labute approximate surface area is 169 Å². The SMILES string of the molecule is CN1CCC(OC2c3ccccc3CCn3cc(C=CC(C)(C)C)nc32)CC1. The zero-order valence-corrected chi connectivity index (χ0v) is 17.7. The fourth-order valence-corrected chi connectivity index (χ4v) is 4.10. The van der Waals surface area contributed by atoms with Gasteiger partial charge in [0.05, 0.1) is 11.8 Å². The van der Waals surface area contributed by atoms with Gasteiger partial charge in [0.2, 0.25) is 0 Å². The number of rotatable bonds is 3. The number of hydrogen-bond donors (Lipinski definition) is 0. The summed E-state index contributed by atoms with van der Waals surface area (Å²) in [6.45, 7) is 9.81. The number of ether oxygens (including phenoxy) is 1. The van der Waals surface area contributed by atoms with Gasteiger partial charge in [0, 0.05) is 25.8 Å². The number of likely N-dealkylation sites (tertiary alicyclic amines) is 1. The van der Waals surface area contributed by atoms with Gasteiger partial charge in [-0.05, 0) is 48.9 Å². The summed E-state index contributed by atoms with van der Waals surface area (Å²) in [5.41, 5.74) is 3.86. The van der Waals surface area contributed by atoms with Crippen LogP contribution < -0.4 is 0 Å². The van der Waals surface area contributed by atoms with Crippen molar-refractivity contribution in [1.29, 1.82) is 0 Å². The number of piperidine rings is 1. The summed E-state index contributed by atoms with van der Waals surface area (Å²) in [4.78, 5) is 7.40. The first-order valence-corrected chi connectivity index (χ1v) is 10.6. The summed E-state index contributed by atoms with van der Waals surface area (Å²) < 4.78 is 9.05. The second-order valence-corrected chi connectivity index (χ2v) is 9.38. The molecular weight excluding hydrogens is 346 g/mol. The van der Waals surface area contributed by atoms with Crippen molar-refractivity contribution in [3.05, 3.63) is 59.2 Å². The number of allylic oxidation sites excluding steroid dienone is 1. The van der Waals surface area contributed by atoms with Gasteiger partial charge in [-0.1, -0.05) is 51.1 Å². The van der Waals surface area contributed by atoms with Crippen LogP contribution in [0.4, 0.5) is 0 Å². The quantitative estimate of drug-likeness (QED) is 0.774. The van der Waals surface area contributed by atoms with E-state index in [0.717, 1.165) is 50.4 Å². The molecule has 4 heteroatoms. The van der Waals surface area contributed by atoms with Gasteiger partial charge in [-0.3, -0.25) is 0 Å². The van der Waals surface area contributed by atoms with Crippen molar-refractivity contribution in [2.75, 3.05) is 20.1 Å². The van der Waals surface area contributed by atoms with Crippen molar-refractivity contribution in [1.82, 2.24) is 14.5 Å². The molecule has 0 spiro atoms. The van der Waals surface area contributed by atoms with Crippen LogP contribution in [0.15, 0.2) is 36.5 Å². The smallest absolute Gasteiger partial charge is 0.143 e. The number of aryl methyl sites for hydroxylation is 2. The molecule has 0 radical (unpaired) electrons. The molecule has 2 aromatic rings. The molecule has 4 rings (SSSR count). The first-order chi connectivity index (χ1) is 13.4. The van der Waals surface area contributed by atoms with E-state index in [2.05, 4.69) is 79.9 Å². The monoisotopic (exact) mass is 379 g/mol. The van der Waals surface area contributed by atoms with Crippen molar-refractivity contribution in [3.63, 3.8) is 0 Å². The molecule has 0 saturated carbocycles. The van der Waals surface area contributed by atoms with E-state index in [1.807, 2.05) is 0 Å². The third-order valence-corrected chi connectivity index (χ3v) is 5.77. The van der Waals surface area contributed by atoms with E-state index in [9.17, 15) is 0 Å². The van der Waals surface area contributed by atoms with Crippen LogP contribution in [-0.4, -0.2) is 40.7 Å². The Bertz CT molecular complexity index is 838. The average Bonchev–Trinajstić information content (AvgIpc) is 3.01. The Balaban J connectivity index is 1.67. The molecule has 2 aliphatic heterocycles. The molecule has 1 aromatic heterocycles. The minimum Gasteiger partial charge on any atom is -0.362 e. The topological polar surface area (TPSA) is 30.3 Å². The lowest BCUT2D eigenvalue weighted by atomic mass is 9.96. The molecular formula is C24H33N3O. The normalized spacial score (nSPS) is 21.5. The van der Waals surface area contributed by atoms with Gasteiger partial charge >= 0.3 is 0 Å². The molecule has 28 heavy (non-hydrogen) atoms. The van der Waals surface area contributed by atoms with Crippen molar-refractivity contribution < 1.29 is 4.74 Å². The summed E-state index contributed by atoms with van der Waals surface area (Å²) in [6.07, 6.45) is 9.99. The molecule has 1 atom stereocenters. The van der Waals surface area contributed by atoms with Crippen molar-refractivity contribution >= 4 is 6.08 Å². The van der Waals surface area contributed by atoms with Crippen LogP contribution in [0, 0.1) is 5.41 Å². The Morgan fingerprint density at radius 3 is 2.61 bits per heavy atom. The molecule has 1 unspecified atom stereocenters. The molecule has 1 aromatic carbocycles. The van der Waals surface area contributed by atoms with Gasteiger partial charge in [-0.15, -0.1) is 0 Å². The highest BCUT2D eigenvalue weighted by Gasteiger charge is 2.30. The summed E-state index contributed by atoms with van der Waals surface area (Å²) in [6, 6.07) is 8.73. The minimum atomic E-state index is -0.0797. The first kappa shape index (κ1) is 19.4. The Hall–Kier alpha value is -1.91. The zero-order valence-electron chi connectivity index (χ0n) is 17.7. The van der Waals surface area contributed by atoms with E-state index in [1.54, 1.807) is 0 Å². The first-order valence-electron chi connectivity index (χ1n) is 10.6. The number of fused-ring (bicyclic) bond motifs is 2. The largest absolute Gasteiger partial charge is 0.362 e. The van der Waals surface area contributed by atoms with E-state index in [4.69, 9.17) is 9.72 Å². The summed E-state index contributed by atoms with van der Waals surface area (Å²) >= 11 is 0. The summed E-state index contributed by atoms with van der Waals surface area (Å²) in [5, 5.41) is 0. The van der Waals surface area contributed by atoms with Crippen LogP contribution in [0.2, 0.25) is 0 Å². The Kier molecular flexibility index (Phi) is 5.44. The standard InChI is InChI=1S/C24H33N3O/c1-24(2,3)13-9-19-17-27-16-10-18-7-5-6-8-21(18)22(23(27)25-19)28-20-11-14-26(4)15-12-20/h5-9,13,17,20,22H,10-12,14-16H2,1-4H3. The van der Waals surface area contributed by atoms with E-state index < -0.39 is 0 Å². The maximum Gasteiger partial charge on any atom is 0.143 e. The Morgan fingerprint density at radius 1 is 1.11 bits per heavy atom. The molecule has 4 nitrogen and oxygen atoms in total. The van der Waals surface area contributed by atoms with Crippen LogP contribution in [0.1, 0.15) is 62.4 Å². The third-order valence-electron chi connectivity index (χ3n) is 5.77. The van der Waals surface area contributed by atoms with Crippen LogP contribution in [0.3, 0.4) is 0 Å². The molecule has 1 fully saturated rings. The van der Waals surface area contributed by atoms with Gasteiger partial charge in [-0.2, -0.15) is 0 Å². The molecule has 0 aliphatic carbocycles. The fourth-order valence-electron chi connectivity index (χ4n) is 4.10. The van der Waals surface area contributed by atoms with Crippen LogP contribution >= 0.6 is 0 Å². The predicted molar refractivity (Wildman–Crippen MR) is 114 cm³/mol. The molecule has 150 valence electrons. The molecule has 2 aliphatic rings. The second kappa shape index (κ2) is 7.84. The molecule has 0 N–H and O–H groups in total. The summed E-state index contributed by atoms with van der Waals surface area (Å²) in [5.74, 6) is 1.05. The number of hydrogen-bond acceptors (Lipinski definition) is 3. The lowest BCUT2D eigenvalue weighted by Crippen LogP contribution is -2.35. The van der Waals surface area contributed by atoms with Gasteiger partial charge in [-0.25, -0.2) is 4.98 Å². The number of benzene rings is 1. The zero-order chi connectivity index (χ0) is 19.7. The average molecular weight is 380 g/mol. The van der Waals surface area contributed by atoms with Crippen LogP contribution in [-0.2, 0) is 17.7 Å². The van der Waals surface area contributed by atoms with E-state index in [-0.39, 0.29) is 11.5 Å². The molecule has 3 heterocycles. The minimum absolute atomic E-state index is 0.0797. The number of aromatic nitrogens is 2. The van der Waals surface area contributed by atoms with Gasteiger partial charge in [0.25, 0.3) is 0 Å². The lowest BCUT2D eigenvalue weighted by Gasteiger charge is -2.32. The summed E-state index contributed by atoms with van der Waals surface area (Å²) in [7, 11) is 2.19. The van der Waals surface area contributed by atoms with E-state index in [0.29, 0.717) is 6.10 Å². The Morgan fingerprint density at radius 2 is 1.86 bits per heavy atom. The van der Waals surface area contributed by atoms with Crippen molar-refractivity contribution in [2.45, 2.75) is 58.8 Å². The van der Waals surface area contributed by atoms with Gasteiger partial charge in [0.15, 0.2) is 0 Å². The van der Waals surface area contributed by atoms with E-state index >= 15 is 0 Å². The predicted octanol–water partition coefficient (Wildman–Crippen LogP) is 4.70. The fraction of sp³-hybridized carbons (Fsp3) is 0.542. The maximum absolute atomic E-state index is 6.74. The lowest BCUT2D eigenvalue weighted by molar-refractivity contribution is -0.0275. The molecule has 1 saturated heterocycles. The highest BCUT2D eigenvalue weighted by molar-refractivity contribution is 5.46. The van der Waals surface area contributed by atoms with Gasteiger partial charge < -0.3 is 14.2 Å². The molecule has 0 amide bonds. The van der Waals surface area contributed by atoms with Crippen molar-refractivity contribution in [3.8, 4) is 0 Å². The highest BCUT2D eigenvalue weighted by atomic mass is 16.5. The van der Waals surface area contributed by atoms with Crippen LogP contribution in [0.25, 0.3) is 6.08 Å². The van der Waals surface area contributed by atoms with Crippen LogP contribution in [0.5, 0.6) is 0 Å². The third kappa shape index (κ3) is 4.39. The second-order valence-electron chi connectivity index (χ2n) is 9.38.